The Morgan fingerprint density at radius 3 is 2.61 bits per heavy atom. The quantitative estimate of drug-likeness (QED) is 0.800. The van der Waals surface area contributed by atoms with E-state index in [1.165, 1.54) is 0 Å². The van der Waals surface area contributed by atoms with Crippen LogP contribution >= 0.6 is 0 Å². The third-order valence-corrected chi connectivity index (χ3v) is 4.48. The summed E-state index contributed by atoms with van der Waals surface area (Å²) in [5.41, 5.74) is 1.85. The molecule has 0 aromatic carbocycles. The second-order valence-electron chi connectivity index (χ2n) is 7.58. The molecule has 0 spiro atoms. The van der Waals surface area contributed by atoms with Crippen molar-refractivity contribution >= 4 is 6.03 Å². The van der Waals surface area contributed by atoms with Crippen molar-refractivity contribution in [2.75, 3.05) is 0 Å². The van der Waals surface area contributed by atoms with E-state index >= 15 is 0 Å². The van der Waals surface area contributed by atoms with Gasteiger partial charge in [-0.2, -0.15) is 5.10 Å². The molecule has 1 aliphatic rings. The van der Waals surface area contributed by atoms with E-state index in [1.54, 1.807) is 0 Å². The molecule has 130 valence electrons. The number of aliphatic hydroxyl groups excluding tert-OH is 1. The normalized spacial score (nSPS) is 23.4. The van der Waals surface area contributed by atoms with Crippen LogP contribution in [0, 0.1) is 6.92 Å². The molecule has 0 aliphatic heterocycles. The van der Waals surface area contributed by atoms with Gasteiger partial charge in [0.05, 0.1) is 29.4 Å². The maximum Gasteiger partial charge on any atom is 0.315 e. The Kier molecular flexibility index (Phi) is 5.34. The fourth-order valence-electron chi connectivity index (χ4n) is 3.01. The number of amides is 2. The van der Waals surface area contributed by atoms with E-state index in [4.69, 9.17) is 0 Å². The smallest absolute Gasteiger partial charge is 0.315 e. The number of hydrogen-bond donors (Lipinski definition) is 3. The molecule has 6 heteroatoms. The molecule has 1 aliphatic carbocycles. The predicted molar refractivity (Wildman–Crippen MR) is 90.3 cm³/mol. The fraction of sp³-hybridized carbons (Fsp3) is 0.765. The topological polar surface area (TPSA) is 79.2 Å². The minimum atomic E-state index is -0.435. The first-order valence-electron chi connectivity index (χ1n) is 8.50. The van der Waals surface area contributed by atoms with Crippen molar-refractivity contribution in [1.29, 1.82) is 0 Å². The van der Waals surface area contributed by atoms with Crippen LogP contribution in [-0.4, -0.2) is 33.1 Å². The van der Waals surface area contributed by atoms with Crippen molar-refractivity contribution in [1.82, 2.24) is 20.4 Å². The van der Waals surface area contributed by atoms with Crippen LogP contribution < -0.4 is 10.6 Å². The molecule has 0 radical (unpaired) electrons. The van der Waals surface area contributed by atoms with Crippen LogP contribution in [0.25, 0.3) is 0 Å². The fourth-order valence-corrected chi connectivity index (χ4v) is 3.01. The van der Waals surface area contributed by atoms with Gasteiger partial charge in [-0.15, -0.1) is 0 Å². The van der Waals surface area contributed by atoms with Crippen LogP contribution in [0.3, 0.4) is 0 Å². The van der Waals surface area contributed by atoms with Crippen molar-refractivity contribution in [2.24, 2.45) is 0 Å². The van der Waals surface area contributed by atoms with Crippen LogP contribution in [0.15, 0.2) is 6.20 Å². The highest BCUT2D eigenvalue weighted by Crippen LogP contribution is 2.21. The van der Waals surface area contributed by atoms with Gasteiger partial charge in [-0.25, -0.2) is 4.79 Å². The van der Waals surface area contributed by atoms with Gasteiger partial charge in [0.1, 0.15) is 0 Å². The van der Waals surface area contributed by atoms with Gasteiger partial charge in [0, 0.05) is 11.8 Å². The Morgan fingerprint density at radius 1 is 1.39 bits per heavy atom. The van der Waals surface area contributed by atoms with Gasteiger partial charge in [-0.1, -0.05) is 12.8 Å². The lowest BCUT2D eigenvalue weighted by Gasteiger charge is -2.29. The van der Waals surface area contributed by atoms with Crippen LogP contribution in [0.2, 0.25) is 0 Å². The van der Waals surface area contributed by atoms with Crippen molar-refractivity contribution in [3.8, 4) is 0 Å². The highest BCUT2D eigenvalue weighted by atomic mass is 16.3. The molecule has 1 aromatic rings. The van der Waals surface area contributed by atoms with Gasteiger partial charge in [-0.3, -0.25) is 4.68 Å². The largest absolute Gasteiger partial charge is 0.391 e. The second-order valence-corrected chi connectivity index (χ2v) is 7.58. The van der Waals surface area contributed by atoms with Crippen LogP contribution in [0.4, 0.5) is 4.79 Å². The first-order valence-corrected chi connectivity index (χ1v) is 8.50. The Balaban J connectivity index is 1.97. The molecule has 0 bridgehead atoms. The summed E-state index contributed by atoms with van der Waals surface area (Å²) in [6.45, 7) is 10.2. The molecule has 0 saturated heterocycles. The monoisotopic (exact) mass is 322 g/mol. The van der Waals surface area contributed by atoms with Gasteiger partial charge in [-0.05, 0) is 47.5 Å². The van der Waals surface area contributed by atoms with Gasteiger partial charge < -0.3 is 15.7 Å². The standard InChI is InChI=1S/C17H30N4O2/c1-11(13-10-21(17(3,4)5)20-12(13)2)18-16(23)19-14-8-6-7-9-15(14)22/h10-11,14-15,22H,6-9H2,1-5H3,(H2,18,19,23)/t11-,14+,15+/m0/s1. The Bertz CT molecular complexity index is 547. The van der Waals surface area contributed by atoms with E-state index in [-0.39, 0.29) is 23.7 Å². The number of aromatic nitrogens is 2. The molecule has 2 rings (SSSR count). The number of carbonyl (C=O) groups excluding carboxylic acids is 1. The first-order chi connectivity index (χ1) is 10.7. The molecule has 6 nitrogen and oxygen atoms in total. The predicted octanol–water partition coefficient (Wildman–Crippen LogP) is 2.61. The lowest BCUT2D eigenvalue weighted by Crippen LogP contribution is -2.49. The van der Waals surface area contributed by atoms with E-state index < -0.39 is 6.10 Å². The van der Waals surface area contributed by atoms with Crippen LogP contribution in [0.5, 0.6) is 0 Å². The molecule has 1 heterocycles. The Morgan fingerprint density at radius 2 is 2.04 bits per heavy atom. The summed E-state index contributed by atoms with van der Waals surface area (Å²) in [5.74, 6) is 0. The van der Waals surface area contributed by atoms with E-state index in [1.807, 2.05) is 24.7 Å². The minimum Gasteiger partial charge on any atom is -0.391 e. The van der Waals surface area contributed by atoms with E-state index in [2.05, 4.69) is 36.5 Å². The molecule has 23 heavy (non-hydrogen) atoms. The Hall–Kier alpha value is -1.56. The molecule has 1 fully saturated rings. The summed E-state index contributed by atoms with van der Waals surface area (Å²) < 4.78 is 1.93. The molecule has 1 saturated carbocycles. The molecule has 3 atom stereocenters. The van der Waals surface area contributed by atoms with Gasteiger partial charge >= 0.3 is 6.03 Å². The highest BCUT2D eigenvalue weighted by Gasteiger charge is 2.25. The number of aliphatic hydroxyl groups is 1. The van der Waals surface area contributed by atoms with Gasteiger partial charge in [0.15, 0.2) is 0 Å². The van der Waals surface area contributed by atoms with Gasteiger partial charge in [0.2, 0.25) is 0 Å². The number of carbonyl (C=O) groups is 1. The summed E-state index contributed by atoms with van der Waals surface area (Å²) in [6, 6.07) is -0.507. The van der Waals surface area contributed by atoms with E-state index in [9.17, 15) is 9.90 Å². The molecule has 2 amide bonds. The van der Waals surface area contributed by atoms with Crippen molar-refractivity contribution in [2.45, 2.75) is 84.0 Å². The molecule has 3 N–H and O–H groups in total. The number of aryl methyl sites for hydroxylation is 1. The first kappa shape index (κ1) is 17.8. The third-order valence-electron chi connectivity index (χ3n) is 4.48. The average Bonchev–Trinajstić information content (AvgIpc) is 2.83. The SMILES string of the molecule is Cc1nn(C(C)(C)C)cc1[C@H](C)NC(=O)N[C@@H]1CCCC[C@H]1O. The number of rotatable bonds is 3. The van der Waals surface area contributed by atoms with Crippen LogP contribution in [0.1, 0.15) is 70.7 Å². The summed E-state index contributed by atoms with van der Waals surface area (Å²) in [6.07, 6.45) is 5.24. The zero-order chi connectivity index (χ0) is 17.2. The molecule has 0 unspecified atom stereocenters. The lowest BCUT2D eigenvalue weighted by molar-refractivity contribution is 0.0941. The highest BCUT2D eigenvalue weighted by molar-refractivity contribution is 5.74. The summed E-state index contributed by atoms with van der Waals surface area (Å²) in [7, 11) is 0. The van der Waals surface area contributed by atoms with Gasteiger partial charge in [0.25, 0.3) is 0 Å². The maximum atomic E-state index is 12.2. The average molecular weight is 322 g/mol. The van der Waals surface area contributed by atoms with Crippen molar-refractivity contribution < 1.29 is 9.90 Å². The lowest BCUT2D eigenvalue weighted by atomic mass is 9.93. The molecular formula is C17H30N4O2. The number of nitrogens with one attached hydrogen (secondary N) is 2. The van der Waals surface area contributed by atoms with Crippen molar-refractivity contribution in [3.63, 3.8) is 0 Å². The number of hydrogen-bond acceptors (Lipinski definition) is 3. The molecular weight excluding hydrogens is 292 g/mol. The summed E-state index contributed by atoms with van der Waals surface area (Å²) in [5, 5.41) is 20.3. The minimum absolute atomic E-state index is 0.0861. The zero-order valence-electron chi connectivity index (χ0n) is 14.9. The second kappa shape index (κ2) is 6.91. The zero-order valence-corrected chi connectivity index (χ0v) is 14.9. The Labute approximate surface area is 138 Å². The summed E-state index contributed by atoms with van der Waals surface area (Å²) in [4.78, 5) is 12.2. The number of urea groups is 1. The maximum absolute atomic E-state index is 12.2. The third kappa shape index (κ3) is 4.47. The van der Waals surface area contributed by atoms with Crippen molar-refractivity contribution in [3.05, 3.63) is 17.5 Å². The number of nitrogens with zero attached hydrogens (tertiary/aromatic N) is 2. The van der Waals surface area contributed by atoms with Crippen LogP contribution in [-0.2, 0) is 5.54 Å². The van der Waals surface area contributed by atoms with E-state index in [0.717, 1.165) is 36.9 Å². The van der Waals surface area contributed by atoms with E-state index in [0.29, 0.717) is 0 Å². The molecule has 1 aromatic heterocycles. The summed E-state index contributed by atoms with van der Waals surface area (Å²) >= 11 is 0.